The van der Waals surface area contributed by atoms with Crippen molar-refractivity contribution in [2.24, 2.45) is 23.3 Å². The number of ketones is 2. The lowest BCUT2D eigenvalue weighted by atomic mass is 9.58. The van der Waals surface area contributed by atoms with E-state index in [1.807, 2.05) is 0 Å². The number of imidazole rings is 1. The van der Waals surface area contributed by atoms with E-state index in [2.05, 4.69) is 10.3 Å². The van der Waals surface area contributed by atoms with Crippen LogP contribution in [0.25, 0.3) is 5.76 Å². The van der Waals surface area contributed by atoms with Gasteiger partial charge in [0.15, 0.2) is 17.1 Å². The Morgan fingerprint density at radius 3 is 2.61 bits per heavy atom. The number of aliphatic hydroxyl groups is 3. The lowest BCUT2D eigenvalue weighted by Crippen LogP contribution is -2.65. The van der Waals surface area contributed by atoms with Gasteiger partial charge >= 0.3 is 0 Å². The second kappa shape index (κ2) is 8.49. The fourth-order valence-corrected chi connectivity index (χ4v) is 5.57. The highest BCUT2D eigenvalue weighted by Crippen LogP contribution is 2.52. The number of nitrogens with two attached hydrogens (primary N) is 2. The van der Waals surface area contributed by atoms with Crippen LogP contribution in [0.1, 0.15) is 17.5 Å². The smallest absolute Gasteiger partial charge is 0.255 e. The summed E-state index contributed by atoms with van der Waals surface area (Å²) in [5.74, 6) is -10.6. The minimum atomic E-state index is -2.88. The molecule has 0 unspecified atom stereocenters. The van der Waals surface area contributed by atoms with Gasteiger partial charge in [-0.3, -0.25) is 19.2 Å². The minimum absolute atomic E-state index is 0.173. The molecule has 1 aromatic heterocycles. The number of hydrogen-bond acceptors (Lipinski definition) is 10. The number of Topliss-reactive ketones (excluding diaryl/α,β-unsaturated/α-hetero) is 2. The summed E-state index contributed by atoms with van der Waals surface area (Å²) in [5, 5.41) is 46.2. The van der Waals surface area contributed by atoms with Gasteiger partial charge in [-0.25, -0.2) is 9.37 Å². The molecule has 38 heavy (non-hydrogen) atoms. The monoisotopic (exact) mass is 527 g/mol. The molecule has 0 radical (unpaired) electrons. The van der Waals surface area contributed by atoms with E-state index in [0.29, 0.717) is 0 Å². The molecule has 9 N–H and O–H groups in total. The molecule has 198 valence electrons. The summed E-state index contributed by atoms with van der Waals surface area (Å²) in [6.07, 6.45) is 3.82. The van der Waals surface area contributed by atoms with Crippen LogP contribution in [0.2, 0.25) is 0 Å². The second-order valence-electron chi connectivity index (χ2n) is 9.47. The van der Waals surface area contributed by atoms with Gasteiger partial charge in [-0.15, -0.1) is 0 Å². The van der Waals surface area contributed by atoms with Gasteiger partial charge < -0.3 is 41.8 Å². The molecular formula is C24H22FN5O8. The fourth-order valence-electron chi connectivity index (χ4n) is 5.57. The summed E-state index contributed by atoms with van der Waals surface area (Å²) in [5.41, 5.74) is 5.68. The standard InChI is InChI=1S/C24H22FN5O8/c25-11-5-12(29-13(31)6-30-2-1-28-7-30)18(32)15-9(11)3-8-4-10-17(26)20(34)16(23(27)37)22(36)24(10,38)21(35)14(8)19(15)33/h1-2,5,7-8,10,17,32-33,36,38H,3-4,6,26H2,(H2,27,37)(H,29,31)/t8-,10-,17-,24-/m0/s1. The van der Waals surface area contributed by atoms with E-state index in [1.165, 1.54) is 23.3 Å². The van der Waals surface area contributed by atoms with Crippen LogP contribution in [0.4, 0.5) is 10.1 Å². The number of benzene rings is 1. The van der Waals surface area contributed by atoms with E-state index < -0.39 is 86.7 Å². The van der Waals surface area contributed by atoms with Gasteiger partial charge in [-0.05, 0) is 18.8 Å². The molecule has 1 fully saturated rings. The highest BCUT2D eigenvalue weighted by atomic mass is 19.1. The number of halogens is 1. The number of anilines is 1. The lowest BCUT2D eigenvalue weighted by Gasteiger charge is -2.48. The number of carbonyl (C=O) groups excluding carboxylic acids is 4. The van der Waals surface area contributed by atoms with Crippen molar-refractivity contribution in [2.45, 2.75) is 31.0 Å². The van der Waals surface area contributed by atoms with Crippen LogP contribution < -0.4 is 16.8 Å². The van der Waals surface area contributed by atoms with Gasteiger partial charge in [0.05, 0.1) is 23.6 Å². The van der Waals surface area contributed by atoms with E-state index >= 15 is 4.39 Å². The lowest BCUT2D eigenvalue weighted by molar-refractivity contribution is -0.149. The number of nitrogens with one attached hydrogen (secondary N) is 1. The molecule has 1 saturated carbocycles. The summed E-state index contributed by atoms with van der Waals surface area (Å²) in [4.78, 5) is 54.1. The summed E-state index contributed by atoms with van der Waals surface area (Å²) >= 11 is 0. The Morgan fingerprint density at radius 2 is 1.97 bits per heavy atom. The number of aromatic nitrogens is 2. The number of phenols is 1. The van der Waals surface area contributed by atoms with Crippen molar-refractivity contribution in [2.75, 3.05) is 5.32 Å². The molecule has 2 amide bonds. The second-order valence-corrected chi connectivity index (χ2v) is 9.47. The van der Waals surface area contributed by atoms with Gasteiger partial charge in [0.25, 0.3) is 5.91 Å². The first-order valence-corrected chi connectivity index (χ1v) is 11.4. The molecule has 1 aromatic carbocycles. The van der Waals surface area contributed by atoms with Crippen LogP contribution >= 0.6 is 0 Å². The molecule has 4 atom stereocenters. The number of rotatable bonds is 4. The van der Waals surface area contributed by atoms with Crippen LogP contribution in [0, 0.1) is 17.7 Å². The molecule has 1 heterocycles. The van der Waals surface area contributed by atoms with Crippen LogP contribution in [0.5, 0.6) is 5.75 Å². The minimum Gasteiger partial charge on any atom is -0.508 e. The van der Waals surface area contributed by atoms with Crippen LogP contribution in [-0.2, 0) is 32.1 Å². The average molecular weight is 527 g/mol. The molecule has 0 spiro atoms. The van der Waals surface area contributed by atoms with Gasteiger partial charge in [0.2, 0.25) is 11.7 Å². The maximum atomic E-state index is 15.2. The molecular weight excluding hydrogens is 505 g/mol. The Kier molecular flexibility index (Phi) is 5.61. The van der Waals surface area contributed by atoms with Crippen molar-refractivity contribution >= 4 is 34.8 Å². The third kappa shape index (κ3) is 3.41. The van der Waals surface area contributed by atoms with Crippen molar-refractivity contribution in [3.8, 4) is 5.75 Å². The fraction of sp³-hybridized carbons (Fsp3) is 0.292. The normalized spacial score (nSPS) is 26.6. The maximum Gasteiger partial charge on any atom is 0.255 e. The summed E-state index contributed by atoms with van der Waals surface area (Å²) in [6.45, 7) is -0.215. The predicted octanol–water partition coefficient (Wildman–Crippen LogP) is -0.665. The molecule has 0 bridgehead atoms. The largest absolute Gasteiger partial charge is 0.508 e. The predicted molar refractivity (Wildman–Crippen MR) is 126 cm³/mol. The number of primary amides is 1. The molecule has 3 aliphatic carbocycles. The molecule has 0 saturated heterocycles. The zero-order valence-electron chi connectivity index (χ0n) is 19.5. The SMILES string of the molecule is NC(=O)C1=C(O)[C@@]2(O)C(=O)C3=C(O)c4c(O)c(NC(=O)Cn5ccnc5)cc(F)c4C[C@H]3C[C@H]2[C@H](N)C1=O. The highest BCUT2D eigenvalue weighted by molar-refractivity contribution is 6.24. The van der Waals surface area contributed by atoms with Gasteiger partial charge in [-0.1, -0.05) is 0 Å². The van der Waals surface area contributed by atoms with E-state index in [4.69, 9.17) is 11.5 Å². The number of fused-ring (bicyclic) bond motifs is 3. The Morgan fingerprint density at radius 1 is 1.26 bits per heavy atom. The number of aromatic hydroxyl groups is 1. The Bertz CT molecular complexity index is 1500. The quantitative estimate of drug-likeness (QED) is 0.196. The van der Waals surface area contributed by atoms with Gasteiger partial charge in [0.1, 0.15) is 29.5 Å². The Labute approximate surface area is 212 Å². The summed E-state index contributed by atoms with van der Waals surface area (Å²) < 4.78 is 16.6. The first-order chi connectivity index (χ1) is 17.9. The number of phenolic OH excluding ortho intramolecular Hbond substituents is 1. The van der Waals surface area contributed by atoms with E-state index in [9.17, 15) is 39.6 Å². The average Bonchev–Trinajstić information content (AvgIpc) is 3.35. The number of hydrogen-bond donors (Lipinski definition) is 7. The Balaban J connectivity index is 1.60. The summed E-state index contributed by atoms with van der Waals surface area (Å²) in [7, 11) is 0. The molecule has 2 aromatic rings. The third-order valence-corrected chi connectivity index (χ3v) is 7.36. The molecule has 14 heteroatoms. The van der Waals surface area contributed by atoms with Crippen molar-refractivity contribution in [3.05, 3.63) is 58.6 Å². The first-order valence-electron chi connectivity index (χ1n) is 11.4. The molecule has 3 aliphatic rings. The van der Waals surface area contributed by atoms with Crippen LogP contribution in [0.3, 0.4) is 0 Å². The summed E-state index contributed by atoms with van der Waals surface area (Å²) in [6, 6.07) is -0.734. The molecule has 13 nitrogen and oxygen atoms in total. The first kappa shape index (κ1) is 25.1. The number of nitrogens with zero attached hydrogens (tertiary/aromatic N) is 2. The van der Waals surface area contributed by atoms with Gasteiger partial charge in [-0.2, -0.15) is 0 Å². The zero-order chi connectivity index (χ0) is 27.7. The van der Waals surface area contributed by atoms with E-state index in [-0.39, 0.29) is 30.6 Å². The van der Waals surface area contributed by atoms with Crippen molar-refractivity contribution in [3.63, 3.8) is 0 Å². The van der Waals surface area contributed by atoms with E-state index in [0.717, 1.165) is 6.07 Å². The number of aliphatic hydroxyl groups excluding tert-OH is 2. The molecule has 0 aliphatic heterocycles. The van der Waals surface area contributed by atoms with Crippen molar-refractivity contribution in [1.82, 2.24) is 9.55 Å². The number of amides is 2. The van der Waals surface area contributed by atoms with Gasteiger partial charge in [0, 0.05) is 35.5 Å². The van der Waals surface area contributed by atoms with E-state index in [1.54, 1.807) is 0 Å². The third-order valence-electron chi connectivity index (χ3n) is 7.36. The van der Waals surface area contributed by atoms with Crippen molar-refractivity contribution < 1.29 is 44.0 Å². The molecule has 5 rings (SSSR count). The number of carbonyl (C=O) groups is 4. The maximum absolute atomic E-state index is 15.2. The Hall–Kier alpha value is -4.56. The highest BCUT2D eigenvalue weighted by Gasteiger charge is 2.63. The van der Waals surface area contributed by atoms with Crippen molar-refractivity contribution in [1.29, 1.82) is 0 Å². The zero-order valence-corrected chi connectivity index (χ0v) is 19.5. The topological polar surface area (TPSA) is 231 Å². The van der Waals surface area contributed by atoms with Crippen LogP contribution in [0.15, 0.2) is 41.7 Å². The van der Waals surface area contributed by atoms with Crippen LogP contribution in [-0.4, -0.2) is 65.0 Å².